The van der Waals surface area contributed by atoms with Crippen molar-refractivity contribution in [3.8, 4) is 11.5 Å². The fourth-order valence-corrected chi connectivity index (χ4v) is 4.32. The minimum absolute atomic E-state index is 0.102. The van der Waals surface area contributed by atoms with Crippen LogP contribution in [-0.2, 0) is 12.7 Å². The largest absolute Gasteiger partial charge is 0.495 e. The van der Waals surface area contributed by atoms with Crippen molar-refractivity contribution in [2.24, 2.45) is 0 Å². The summed E-state index contributed by atoms with van der Waals surface area (Å²) in [7, 11) is 3.04. The minimum atomic E-state index is -4.49. The molecule has 0 spiro atoms. The number of methoxy groups -OCH3 is 2. The summed E-state index contributed by atoms with van der Waals surface area (Å²) in [5, 5.41) is 0.349. The van der Waals surface area contributed by atoms with Gasteiger partial charge in [-0.15, -0.1) is 0 Å². The first-order valence-electron chi connectivity index (χ1n) is 9.71. The molecule has 170 valence electrons. The summed E-state index contributed by atoms with van der Waals surface area (Å²) in [5.41, 5.74) is 0.529. The molecule has 0 aliphatic carbocycles. The Morgan fingerprint density at radius 3 is 2.33 bits per heavy atom. The number of ether oxygens (including phenoxy) is 2. The summed E-state index contributed by atoms with van der Waals surface area (Å²) >= 11 is 1.22. The van der Waals surface area contributed by atoms with Gasteiger partial charge in [0.05, 0.1) is 26.3 Å². The van der Waals surface area contributed by atoms with Crippen molar-refractivity contribution in [1.29, 1.82) is 0 Å². The lowest BCUT2D eigenvalue weighted by Gasteiger charge is -2.20. The molecule has 2 aromatic carbocycles. The maximum absolute atomic E-state index is 13.4. The van der Waals surface area contributed by atoms with Crippen molar-refractivity contribution < 1.29 is 27.4 Å². The number of aromatic nitrogens is 2. The van der Waals surface area contributed by atoms with Gasteiger partial charge in [0.25, 0.3) is 5.91 Å². The standard InChI is InChI=1S/C23H18F3N3O3S/c1-31-17-9-10-18(32-2)20-19(17)28-22(33-20)29(13-14-4-3-11-27-12-14)21(30)15-5-7-16(8-6-15)23(24,25)26/h3-12H,13H2,1-2H3. The Balaban J connectivity index is 1.79. The quantitative estimate of drug-likeness (QED) is 0.366. The zero-order chi connectivity index (χ0) is 23.6. The first-order valence-corrected chi connectivity index (χ1v) is 10.5. The highest BCUT2D eigenvalue weighted by molar-refractivity contribution is 7.22. The summed E-state index contributed by atoms with van der Waals surface area (Å²) in [6.45, 7) is 0.123. The Hall–Kier alpha value is -3.66. The molecule has 4 aromatic rings. The Kier molecular flexibility index (Phi) is 6.19. The molecule has 0 saturated carbocycles. The number of amides is 1. The second kappa shape index (κ2) is 9.07. The minimum Gasteiger partial charge on any atom is -0.495 e. The molecule has 2 aromatic heterocycles. The van der Waals surface area contributed by atoms with E-state index in [-0.39, 0.29) is 12.1 Å². The number of anilines is 1. The van der Waals surface area contributed by atoms with Crippen LogP contribution in [0.2, 0.25) is 0 Å². The van der Waals surface area contributed by atoms with Crippen LogP contribution in [0.1, 0.15) is 21.5 Å². The summed E-state index contributed by atoms with van der Waals surface area (Å²) in [6.07, 6.45) is -1.27. The molecule has 0 unspecified atom stereocenters. The van der Waals surface area contributed by atoms with E-state index < -0.39 is 17.6 Å². The molecule has 0 aliphatic heterocycles. The lowest BCUT2D eigenvalue weighted by Crippen LogP contribution is -2.30. The number of thiazole rings is 1. The highest BCUT2D eigenvalue weighted by atomic mass is 32.1. The smallest absolute Gasteiger partial charge is 0.416 e. The van der Waals surface area contributed by atoms with Crippen LogP contribution in [0.15, 0.2) is 60.9 Å². The number of rotatable bonds is 6. The predicted octanol–water partition coefficient (Wildman–Crippen LogP) is 5.57. The van der Waals surface area contributed by atoms with E-state index in [0.29, 0.717) is 26.8 Å². The summed E-state index contributed by atoms with van der Waals surface area (Å²) in [6, 6.07) is 11.1. The van der Waals surface area contributed by atoms with Crippen molar-refractivity contribution in [3.05, 3.63) is 77.6 Å². The number of fused-ring (bicyclic) bond motifs is 1. The molecule has 0 atom stereocenters. The monoisotopic (exact) mass is 473 g/mol. The maximum atomic E-state index is 13.4. The highest BCUT2D eigenvalue weighted by Crippen LogP contribution is 2.41. The van der Waals surface area contributed by atoms with Crippen LogP contribution in [0.25, 0.3) is 10.2 Å². The molecule has 0 radical (unpaired) electrons. The summed E-state index contributed by atoms with van der Waals surface area (Å²) < 4.78 is 50.4. The first kappa shape index (κ1) is 22.5. The molecule has 0 saturated heterocycles. The van der Waals surface area contributed by atoms with Crippen LogP contribution in [-0.4, -0.2) is 30.1 Å². The van der Waals surface area contributed by atoms with E-state index in [1.54, 1.807) is 36.7 Å². The zero-order valence-electron chi connectivity index (χ0n) is 17.6. The Bertz CT molecular complexity index is 1230. The van der Waals surface area contributed by atoms with Crippen LogP contribution in [0.5, 0.6) is 11.5 Å². The van der Waals surface area contributed by atoms with Crippen LogP contribution in [0.4, 0.5) is 18.3 Å². The van der Waals surface area contributed by atoms with Gasteiger partial charge in [-0.05, 0) is 48.0 Å². The molecule has 6 nitrogen and oxygen atoms in total. The first-order chi connectivity index (χ1) is 15.8. The van der Waals surface area contributed by atoms with Gasteiger partial charge in [0.1, 0.15) is 21.7 Å². The van der Waals surface area contributed by atoms with Gasteiger partial charge >= 0.3 is 6.18 Å². The van der Waals surface area contributed by atoms with Gasteiger partial charge < -0.3 is 9.47 Å². The Morgan fingerprint density at radius 2 is 1.73 bits per heavy atom. The molecular formula is C23H18F3N3O3S. The van der Waals surface area contributed by atoms with Gasteiger partial charge in [-0.1, -0.05) is 17.4 Å². The normalized spacial score (nSPS) is 11.4. The number of alkyl halides is 3. The topological polar surface area (TPSA) is 64.6 Å². The second-order valence-electron chi connectivity index (χ2n) is 6.97. The fourth-order valence-electron chi connectivity index (χ4n) is 3.25. The molecule has 0 N–H and O–H groups in total. The number of hydrogen-bond acceptors (Lipinski definition) is 6. The van der Waals surface area contributed by atoms with Gasteiger partial charge in [0.2, 0.25) is 0 Å². The van der Waals surface area contributed by atoms with Gasteiger partial charge in [-0.25, -0.2) is 4.98 Å². The van der Waals surface area contributed by atoms with Crippen LogP contribution in [0, 0.1) is 0 Å². The molecule has 2 heterocycles. The molecule has 1 amide bonds. The van der Waals surface area contributed by atoms with Crippen LogP contribution in [0.3, 0.4) is 0 Å². The van der Waals surface area contributed by atoms with Crippen molar-refractivity contribution >= 4 is 32.6 Å². The van der Waals surface area contributed by atoms with E-state index in [9.17, 15) is 18.0 Å². The summed E-state index contributed by atoms with van der Waals surface area (Å²) in [5.74, 6) is 0.582. The number of pyridine rings is 1. The third-order valence-electron chi connectivity index (χ3n) is 4.90. The molecular weight excluding hydrogens is 455 g/mol. The SMILES string of the molecule is COc1ccc(OC)c2sc(N(Cc3cccnc3)C(=O)c3ccc(C(F)(F)F)cc3)nc12. The average Bonchev–Trinajstić information content (AvgIpc) is 3.27. The molecule has 0 fully saturated rings. The number of benzene rings is 2. The van der Waals surface area contributed by atoms with Crippen molar-refractivity contribution in [1.82, 2.24) is 9.97 Å². The molecule has 10 heteroatoms. The number of halogens is 3. The van der Waals surface area contributed by atoms with Gasteiger partial charge in [-0.2, -0.15) is 13.2 Å². The van der Waals surface area contributed by atoms with Crippen molar-refractivity contribution in [3.63, 3.8) is 0 Å². The molecule has 0 aliphatic rings. The summed E-state index contributed by atoms with van der Waals surface area (Å²) in [4.78, 5) is 23.5. The van der Waals surface area contributed by atoms with Crippen molar-refractivity contribution in [2.45, 2.75) is 12.7 Å². The van der Waals surface area contributed by atoms with Gasteiger partial charge in [0, 0.05) is 18.0 Å². The van der Waals surface area contributed by atoms with E-state index in [0.717, 1.165) is 29.8 Å². The lowest BCUT2D eigenvalue weighted by atomic mass is 10.1. The van der Waals surface area contributed by atoms with E-state index in [1.165, 1.54) is 30.5 Å². The van der Waals surface area contributed by atoms with Crippen LogP contribution >= 0.6 is 11.3 Å². The van der Waals surface area contributed by atoms with Gasteiger partial charge in [0.15, 0.2) is 5.13 Å². The Labute approximate surface area is 191 Å². The molecule has 33 heavy (non-hydrogen) atoms. The average molecular weight is 473 g/mol. The lowest BCUT2D eigenvalue weighted by molar-refractivity contribution is -0.137. The van der Waals surface area contributed by atoms with E-state index in [1.807, 2.05) is 0 Å². The maximum Gasteiger partial charge on any atom is 0.416 e. The van der Waals surface area contributed by atoms with Crippen LogP contribution < -0.4 is 14.4 Å². The van der Waals surface area contributed by atoms with Crippen molar-refractivity contribution in [2.75, 3.05) is 19.1 Å². The number of carbonyl (C=O) groups is 1. The zero-order valence-corrected chi connectivity index (χ0v) is 18.4. The molecule has 4 rings (SSSR count). The van der Waals surface area contributed by atoms with E-state index in [4.69, 9.17) is 9.47 Å². The highest BCUT2D eigenvalue weighted by Gasteiger charge is 2.31. The third kappa shape index (κ3) is 4.61. The fraction of sp³-hybridized carbons (Fsp3) is 0.174. The predicted molar refractivity (Wildman–Crippen MR) is 119 cm³/mol. The number of carbonyl (C=O) groups excluding carboxylic acids is 1. The third-order valence-corrected chi connectivity index (χ3v) is 5.99. The van der Waals surface area contributed by atoms with E-state index in [2.05, 4.69) is 9.97 Å². The molecule has 0 bridgehead atoms. The van der Waals surface area contributed by atoms with E-state index >= 15 is 0 Å². The second-order valence-corrected chi connectivity index (χ2v) is 7.95. The van der Waals surface area contributed by atoms with Gasteiger partial charge in [-0.3, -0.25) is 14.7 Å². The number of hydrogen-bond donors (Lipinski definition) is 0. The Morgan fingerprint density at radius 1 is 1.03 bits per heavy atom. The number of nitrogens with zero attached hydrogens (tertiary/aromatic N) is 3.